The number of carboxylic acids is 1. The second kappa shape index (κ2) is 11.2. The molecule has 38 heavy (non-hydrogen) atoms. The summed E-state index contributed by atoms with van der Waals surface area (Å²) in [6.45, 7) is 0.370. The molecule has 0 aromatic heterocycles. The van der Waals surface area contributed by atoms with Gasteiger partial charge >= 0.3 is 5.97 Å². The van der Waals surface area contributed by atoms with Gasteiger partial charge in [0, 0.05) is 24.1 Å². The highest BCUT2D eigenvalue weighted by Crippen LogP contribution is 2.50. The highest BCUT2D eigenvalue weighted by molar-refractivity contribution is 8.19. The molecule has 2 heterocycles. The predicted octanol–water partition coefficient (Wildman–Crippen LogP) is 5.66. The summed E-state index contributed by atoms with van der Waals surface area (Å²) in [5, 5.41) is 12.9. The van der Waals surface area contributed by atoms with Gasteiger partial charge in [0.25, 0.3) is 5.91 Å². The first-order chi connectivity index (χ1) is 18.4. The number of nitrogens with zero attached hydrogens (tertiary/aromatic N) is 3. The number of carbonyl (C=O) groups excluding carboxylic acids is 2. The number of para-hydroxylation sites is 1. The lowest BCUT2D eigenvalue weighted by atomic mass is 10.2. The molecule has 0 aliphatic carbocycles. The van der Waals surface area contributed by atoms with E-state index in [1.54, 1.807) is 40.9 Å². The van der Waals surface area contributed by atoms with Crippen LogP contribution in [0.2, 0.25) is 0 Å². The van der Waals surface area contributed by atoms with Crippen LogP contribution in [0.1, 0.15) is 18.4 Å². The number of aliphatic imine (C=N–C) groups is 1. The standard InChI is InChI=1S/C28H24N4O4S2/c1-31-21-12-5-6-13-22(21)37-27(31)25-26(36)32(17-18-8-3-2-4-9-18)28(38-25)30-20-11-7-10-19(16-20)29-23(33)14-15-24(34)35/h2-13,16H,14-15,17H2,1H3,(H,29,33)(H,34,35). The van der Waals surface area contributed by atoms with Gasteiger partial charge in [-0.25, -0.2) is 4.99 Å². The number of carboxylic acid groups (broad SMARTS) is 1. The van der Waals surface area contributed by atoms with Gasteiger partial charge in [-0.2, -0.15) is 0 Å². The van der Waals surface area contributed by atoms with Gasteiger partial charge < -0.3 is 15.3 Å². The van der Waals surface area contributed by atoms with Gasteiger partial charge in [-0.15, -0.1) is 0 Å². The Hall–Kier alpha value is -4.02. The molecule has 1 saturated heterocycles. The molecule has 3 aromatic rings. The summed E-state index contributed by atoms with van der Waals surface area (Å²) in [6.07, 6.45) is -0.359. The normalized spacial score (nSPS) is 17.7. The average Bonchev–Trinajstić information content (AvgIpc) is 3.40. The van der Waals surface area contributed by atoms with Crippen LogP contribution in [-0.2, 0) is 20.9 Å². The first-order valence-electron chi connectivity index (χ1n) is 11.9. The van der Waals surface area contributed by atoms with E-state index < -0.39 is 5.97 Å². The van der Waals surface area contributed by atoms with E-state index in [0.717, 1.165) is 21.2 Å². The van der Waals surface area contributed by atoms with Crippen molar-refractivity contribution in [1.29, 1.82) is 0 Å². The summed E-state index contributed by atoms with van der Waals surface area (Å²) in [6, 6.07) is 24.8. The molecule has 0 atom stereocenters. The zero-order chi connectivity index (χ0) is 26.6. The Morgan fingerprint density at radius 2 is 1.71 bits per heavy atom. The SMILES string of the molecule is CN1C(=C2SC(=Nc3cccc(NC(=O)CCC(=O)O)c3)N(Cc3ccccc3)C2=O)Sc2ccccc21. The van der Waals surface area contributed by atoms with Gasteiger partial charge in [0.05, 0.1) is 29.4 Å². The van der Waals surface area contributed by atoms with E-state index >= 15 is 0 Å². The fourth-order valence-corrected chi connectivity index (χ4v) is 6.37. The van der Waals surface area contributed by atoms with E-state index in [1.165, 1.54) is 11.8 Å². The molecule has 0 spiro atoms. The maximum absolute atomic E-state index is 13.8. The van der Waals surface area contributed by atoms with E-state index in [0.29, 0.717) is 28.0 Å². The van der Waals surface area contributed by atoms with Gasteiger partial charge in [-0.1, -0.05) is 60.3 Å². The van der Waals surface area contributed by atoms with Crippen molar-refractivity contribution in [3.63, 3.8) is 0 Å². The van der Waals surface area contributed by atoms with Crippen molar-refractivity contribution in [2.24, 2.45) is 4.99 Å². The minimum absolute atomic E-state index is 0.113. The molecule has 0 bridgehead atoms. The molecule has 0 unspecified atom stereocenters. The molecule has 192 valence electrons. The Balaban J connectivity index is 1.46. The summed E-state index contributed by atoms with van der Waals surface area (Å²) in [5.41, 5.74) is 3.11. The number of nitrogens with one attached hydrogen (secondary N) is 1. The number of hydrogen-bond acceptors (Lipinski definition) is 7. The van der Waals surface area contributed by atoms with Crippen molar-refractivity contribution in [2.45, 2.75) is 24.3 Å². The van der Waals surface area contributed by atoms with Gasteiger partial charge in [-0.05, 0) is 47.7 Å². The Bertz CT molecular complexity index is 1470. The molecule has 0 saturated carbocycles. The zero-order valence-corrected chi connectivity index (χ0v) is 22.1. The molecule has 5 rings (SSSR count). The number of benzene rings is 3. The summed E-state index contributed by atoms with van der Waals surface area (Å²) >= 11 is 2.91. The quantitative estimate of drug-likeness (QED) is 0.370. The van der Waals surface area contributed by atoms with Gasteiger partial charge in [0.1, 0.15) is 4.91 Å². The smallest absolute Gasteiger partial charge is 0.303 e. The summed E-state index contributed by atoms with van der Waals surface area (Å²) in [7, 11) is 1.96. The van der Waals surface area contributed by atoms with Crippen molar-refractivity contribution < 1.29 is 19.5 Å². The van der Waals surface area contributed by atoms with Crippen LogP contribution in [0, 0.1) is 0 Å². The second-order valence-electron chi connectivity index (χ2n) is 8.63. The van der Waals surface area contributed by atoms with E-state index in [-0.39, 0.29) is 24.7 Å². The largest absolute Gasteiger partial charge is 0.481 e. The van der Waals surface area contributed by atoms with Crippen LogP contribution in [0.15, 0.2) is 98.7 Å². The molecular weight excluding hydrogens is 520 g/mol. The van der Waals surface area contributed by atoms with E-state index in [2.05, 4.69) is 5.32 Å². The van der Waals surface area contributed by atoms with Crippen LogP contribution in [0.4, 0.5) is 17.1 Å². The molecule has 0 radical (unpaired) electrons. The number of rotatable bonds is 7. The van der Waals surface area contributed by atoms with E-state index in [4.69, 9.17) is 10.1 Å². The lowest BCUT2D eigenvalue weighted by Crippen LogP contribution is -2.29. The average molecular weight is 545 g/mol. The van der Waals surface area contributed by atoms with E-state index in [9.17, 15) is 14.4 Å². The van der Waals surface area contributed by atoms with Crippen LogP contribution in [-0.4, -0.2) is 40.0 Å². The molecule has 2 amide bonds. The Labute approximate surface area is 228 Å². The van der Waals surface area contributed by atoms with Gasteiger partial charge in [-0.3, -0.25) is 19.3 Å². The Morgan fingerprint density at radius 3 is 2.47 bits per heavy atom. The maximum Gasteiger partial charge on any atom is 0.303 e. The topological polar surface area (TPSA) is 102 Å². The Morgan fingerprint density at radius 1 is 0.947 bits per heavy atom. The maximum atomic E-state index is 13.8. The van der Waals surface area contributed by atoms with Gasteiger partial charge in [0.2, 0.25) is 5.91 Å². The number of carbonyl (C=O) groups is 3. The summed E-state index contributed by atoms with van der Waals surface area (Å²) in [4.78, 5) is 46.8. The van der Waals surface area contributed by atoms with Crippen molar-refractivity contribution in [3.05, 3.63) is 94.4 Å². The van der Waals surface area contributed by atoms with Crippen molar-refractivity contribution in [3.8, 4) is 0 Å². The number of amides is 2. The zero-order valence-electron chi connectivity index (χ0n) is 20.5. The van der Waals surface area contributed by atoms with Crippen LogP contribution in [0.5, 0.6) is 0 Å². The molecule has 8 nitrogen and oxygen atoms in total. The van der Waals surface area contributed by atoms with E-state index in [1.807, 2.05) is 66.5 Å². The highest BCUT2D eigenvalue weighted by atomic mass is 32.2. The fourth-order valence-electron chi connectivity index (χ4n) is 4.03. The van der Waals surface area contributed by atoms with Crippen molar-refractivity contribution in [2.75, 3.05) is 17.3 Å². The number of thioether (sulfide) groups is 2. The molecular formula is C28H24N4O4S2. The summed E-state index contributed by atoms with van der Waals surface area (Å²) in [5.74, 6) is -1.53. The number of anilines is 2. The first-order valence-corrected chi connectivity index (χ1v) is 13.5. The number of hydrogen-bond donors (Lipinski definition) is 2. The van der Waals surface area contributed by atoms with Crippen LogP contribution in [0.3, 0.4) is 0 Å². The van der Waals surface area contributed by atoms with Crippen LogP contribution < -0.4 is 10.2 Å². The Kier molecular flexibility index (Phi) is 7.52. The predicted molar refractivity (Wildman–Crippen MR) is 151 cm³/mol. The third kappa shape index (κ3) is 5.61. The van der Waals surface area contributed by atoms with Crippen LogP contribution >= 0.6 is 23.5 Å². The monoisotopic (exact) mass is 544 g/mol. The lowest BCUT2D eigenvalue weighted by molar-refractivity contribution is -0.138. The molecule has 3 aromatic carbocycles. The number of aliphatic carboxylic acids is 1. The second-order valence-corrected chi connectivity index (χ2v) is 10.6. The molecule has 10 heteroatoms. The van der Waals surface area contributed by atoms with Crippen molar-refractivity contribution >= 4 is 63.5 Å². The number of amidine groups is 1. The minimum atomic E-state index is -1.03. The third-order valence-corrected chi connectivity index (χ3v) is 8.33. The van der Waals surface area contributed by atoms with Crippen molar-refractivity contribution in [1.82, 2.24) is 4.90 Å². The third-order valence-electron chi connectivity index (χ3n) is 5.90. The molecule has 2 N–H and O–H groups in total. The molecule has 2 aliphatic rings. The number of fused-ring (bicyclic) bond motifs is 1. The fraction of sp³-hybridized carbons (Fsp3) is 0.143. The molecule has 2 aliphatic heterocycles. The van der Waals surface area contributed by atoms with Crippen LogP contribution in [0.25, 0.3) is 0 Å². The lowest BCUT2D eigenvalue weighted by Gasteiger charge is -2.17. The highest BCUT2D eigenvalue weighted by Gasteiger charge is 2.39. The van der Waals surface area contributed by atoms with Gasteiger partial charge in [0.15, 0.2) is 5.17 Å². The summed E-state index contributed by atoms with van der Waals surface area (Å²) < 4.78 is 0. The molecule has 1 fully saturated rings. The first kappa shape index (κ1) is 25.6. The minimum Gasteiger partial charge on any atom is -0.481 e.